The maximum absolute atomic E-state index is 14.1. The summed E-state index contributed by atoms with van der Waals surface area (Å²) in [6.07, 6.45) is 4.75. The molecule has 0 radical (unpaired) electrons. The summed E-state index contributed by atoms with van der Waals surface area (Å²) in [5.41, 5.74) is 7.12. The molecule has 6 aromatic rings. The molecule has 7 rings (SSSR count). The van der Waals surface area contributed by atoms with Gasteiger partial charge in [0.2, 0.25) is 17.7 Å². The average Bonchev–Trinajstić information content (AvgIpc) is 4.08. The maximum Gasteiger partial charge on any atom is 0.257 e. The lowest BCUT2D eigenvalue weighted by atomic mass is 9.85. The van der Waals surface area contributed by atoms with Crippen LogP contribution in [0, 0.1) is 19.3 Å². The molecule has 3 aromatic carbocycles. The van der Waals surface area contributed by atoms with E-state index in [-0.39, 0.29) is 49.1 Å². The molecule has 0 bridgehead atoms. The Morgan fingerprint density at radius 2 is 1.57 bits per heavy atom. The van der Waals surface area contributed by atoms with Gasteiger partial charge < -0.3 is 36.6 Å². The van der Waals surface area contributed by atoms with Crippen LogP contribution in [0.1, 0.15) is 116 Å². The highest BCUT2D eigenvalue weighted by molar-refractivity contribution is 7.17. The highest BCUT2D eigenvalue weighted by atomic mass is 32.1. The van der Waals surface area contributed by atoms with Crippen molar-refractivity contribution < 1.29 is 29.1 Å². The van der Waals surface area contributed by atoms with Crippen LogP contribution < -0.4 is 26.6 Å². The van der Waals surface area contributed by atoms with Crippen molar-refractivity contribution in [3.63, 3.8) is 0 Å². The maximum atomic E-state index is 14.1. The van der Waals surface area contributed by atoms with Crippen molar-refractivity contribution >= 4 is 79.5 Å². The molecule has 4 atom stereocenters. The van der Waals surface area contributed by atoms with Crippen molar-refractivity contribution in [3.8, 4) is 10.4 Å². The minimum absolute atomic E-state index is 0.000723. The number of aryl methyl sites for hydroxylation is 2. The SMILES string of the molecule is Cc1ccccc1Nc1ncc(C(=O)NCCCCCCCC(=O)N[C@H](C(=O)N2C[C@H](O)CC2C(=O)N[C@@H](C)c2ccc(-c3scnc3C)cc2)C(C)(C)C)cc1NC(=O)c1csc2ccccc12. The molecule has 1 aliphatic rings. The van der Waals surface area contributed by atoms with Crippen LogP contribution in [-0.4, -0.2) is 80.8 Å². The Labute approximate surface area is 411 Å². The molecule has 0 saturated carbocycles. The number of carbonyl (C=O) groups excluding carboxylic acids is 5. The standard InChI is InChI=1S/C53H62N8O6S2/c1-32-16-11-13-18-41(32)58-48-42(59-50(65)40-30-68-44-19-14-12-17-39(40)44)26-37(28-55-48)49(64)54-25-15-9-7-8-10-20-45(63)60-47(53(4,5)6)52(67)61-29-38(62)27-43(61)51(66)57-33(2)35-21-23-36(24-22-35)46-34(3)56-31-69-46/h11-14,16-19,21-24,26,28,30-31,33,38,43,47,62H,7-10,15,20,25,27,29H2,1-6H3,(H,54,64)(H,55,58)(H,57,66)(H,59,65)(H,60,63)/t33-,38+,43?,47+/m0/s1. The minimum Gasteiger partial charge on any atom is -0.391 e. The number of para-hydroxylation sites is 1. The molecule has 69 heavy (non-hydrogen) atoms. The summed E-state index contributed by atoms with van der Waals surface area (Å²) in [7, 11) is 0. The normalized spacial score (nSPS) is 15.6. The molecule has 1 aliphatic heterocycles. The third-order valence-electron chi connectivity index (χ3n) is 12.4. The molecule has 16 heteroatoms. The number of hydrogen-bond donors (Lipinski definition) is 6. The molecule has 5 amide bonds. The third-order valence-corrected chi connectivity index (χ3v) is 14.4. The van der Waals surface area contributed by atoms with Crippen LogP contribution in [0.3, 0.4) is 0 Å². The van der Waals surface area contributed by atoms with E-state index in [4.69, 9.17) is 0 Å². The van der Waals surface area contributed by atoms with Crippen LogP contribution in [0.15, 0.2) is 96.0 Å². The fraction of sp³-hybridized carbons (Fsp3) is 0.377. The Morgan fingerprint density at radius 1 is 0.841 bits per heavy atom. The zero-order valence-corrected chi connectivity index (χ0v) is 41.7. The second-order valence-electron chi connectivity index (χ2n) is 18.8. The monoisotopic (exact) mass is 970 g/mol. The molecule has 1 fully saturated rings. The van der Waals surface area contributed by atoms with E-state index in [0.717, 1.165) is 68.7 Å². The number of nitrogens with one attached hydrogen (secondary N) is 5. The largest absolute Gasteiger partial charge is 0.391 e. The first-order valence-electron chi connectivity index (χ1n) is 23.5. The molecule has 362 valence electrons. The number of rotatable bonds is 19. The van der Waals surface area contributed by atoms with Gasteiger partial charge in [-0.05, 0) is 73.9 Å². The highest BCUT2D eigenvalue weighted by Gasteiger charge is 2.44. The van der Waals surface area contributed by atoms with E-state index in [2.05, 4.69) is 36.6 Å². The lowest BCUT2D eigenvalue weighted by Gasteiger charge is -2.35. The van der Waals surface area contributed by atoms with Crippen molar-refractivity contribution in [1.82, 2.24) is 30.8 Å². The van der Waals surface area contributed by atoms with Crippen molar-refractivity contribution in [2.45, 2.75) is 111 Å². The molecule has 1 saturated heterocycles. The fourth-order valence-corrected chi connectivity index (χ4v) is 10.2. The number of benzene rings is 3. The summed E-state index contributed by atoms with van der Waals surface area (Å²) < 4.78 is 1.00. The average molecular weight is 971 g/mol. The second-order valence-corrected chi connectivity index (χ2v) is 20.6. The summed E-state index contributed by atoms with van der Waals surface area (Å²) in [5.74, 6) is -1.21. The Hall–Kier alpha value is -6.49. The zero-order chi connectivity index (χ0) is 49.2. The third kappa shape index (κ3) is 12.8. The summed E-state index contributed by atoms with van der Waals surface area (Å²) in [5, 5.41) is 28.6. The molecular weight excluding hydrogens is 909 g/mol. The van der Waals surface area contributed by atoms with Gasteiger partial charge in [0.05, 0.1) is 45.0 Å². The van der Waals surface area contributed by atoms with E-state index < -0.39 is 29.5 Å². The smallest absolute Gasteiger partial charge is 0.257 e. The Bertz CT molecular complexity index is 2780. The molecule has 4 heterocycles. The van der Waals surface area contributed by atoms with Gasteiger partial charge in [0, 0.05) is 53.3 Å². The van der Waals surface area contributed by atoms with Crippen LogP contribution in [0.2, 0.25) is 0 Å². The van der Waals surface area contributed by atoms with Crippen LogP contribution in [-0.2, 0) is 14.4 Å². The second kappa shape index (κ2) is 22.7. The highest BCUT2D eigenvalue weighted by Crippen LogP contribution is 2.32. The number of anilines is 3. The molecule has 0 spiro atoms. The fourth-order valence-electron chi connectivity index (χ4n) is 8.46. The number of aromatic nitrogens is 2. The predicted octanol–water partition coefficient (Wildman–Crippen LogP) is 9.47. The number of unbranched alkanes of at least 4 members (excludes halogenated alkanes) is 4. The lowest BCUT2D eigenvalue weighted by Crippen LogP contribution is -2.57. The van der Waals surface area contributed by atoms with E-state index >= 15 is 0 Å². The summed E-state index contributed by atoms with van der Waals surface area (Å²) >= 11 is 3.07. The summed E-state index contributed by atoms with van der Waals surface area (Å²) in [6.45, 7) is 11.9. The number of thiazole rings is 1. The summed E-state index contributed by atoms with van der Waals surface area (Å²) in [4.78, 5) is 79.4. The van der Waals surface area contributed by atoms with E-state index in [0.29, 0.717) is 35.6 Å². The number of amides is 5. The molecule has 3 aromatic heterocycles. The Morgan fingerprint density at radius 3 is 2.30 bits per heavy atom. The number of carbonyl (C=O) groups is 5. The van der Waals surface area contributed by atoms with E-state index in [1.807, 2.05) is 125 Å². The first kappa shape index (κ1) is 50.4. The lowest BCUT2D eigenvalue weighted by molar-refractivity contribution is -0.144. The van der Waals surface area contributed by atoms with Gasteiger partial charge in [0.15, 0.2) is 5.82 Å². The van der Waals surface area contributed by atoms with Crippen LogP contribution in [0.5, 0.6) is 0 Å². The first-order chi connectivity index (χ1) is 33.1. The Kier molecular flexibility index (Phi) is 16.6. The van der Waals surface area contributed by atoms with Gasteiger partial charge in [0.1, 0.15) is 12.1 Å². The van der Waals surface area contributed by atoms with Gasteiger partial charge in [-0.2, -0.15) is 0 Å². The number of pyridine rings is 1. The van der Waals surface area contributed by atoms with Gasteiger partial charge in [-0.15, -0.1) is 22.7 Å². The molecule has 0 aliphatic carbocycles. The van der Waals surface area contributed by atoms with E-state index in [9.17, 15) is 29.1 Å². The summed E-state index contributed by atoms with van der Waals surface area (Å²) in [6, 6.07) is 22.9. The van der Waals surface area contributed by atoms with Crippen molar-refractivity contribution in [2.75, 3.05) is 23.7 Å². The topological polar surface area (TPSA) is 195 Å². The molecule has 6 N–H and O–H groups in total. The number of hydrogen-bond acceptors (Lipinski definition) is 11. The zero-order valence-electron chi connectivity index (χ0n) is 40.1. The van der Waals surface area contributed by atoms with E-state index in [1.165, 1.54) is 22.4 Å². The number of nitrogens with zero attached hydrogens (tertiary/aromatic N) is 3. The predicted molar refractivity (Wildman–Crippen MR) is 275 cm³/mol. The number of thiophene rings is 1. The van der Waals surface area contributed by atoms with Gasteiger partial charge in [-0.25, -0.2) is 9.97 Å². The number of aliphatic hydroxyl groups excluding tert-OH is 1. The number of fused-ring (bicyclic) bond motifs is 1. The van der Waals surface area contributed by atoms with Crippen molar-refractivity contribution in [2.24, 2.45) is 5.41 Å². The number of likely N-dealkylation sites (tertiary alicyclic amines) is 1. The molecule has 1 unspecified atom stereocenters. The van der Waals surface area contributed by atoms with Crippen molar-refractivity contribution in [3.05, 3.63) is 124 Å². The van der Waals surface area contributed by atoms with Gasteiger partial charge in [0.25, 0.3) is 11.8 Å². The van der Waals surface area contributed by atoms with Gasteiger partial charge in [-0.3, -0.25) is 24.0 Å². The minimum atomic E-state index is -0.904. The molecule has 14 nitrogen and oxygen atoms in total. The molecular formula is C53H62N8O6S2. The first-order valence-corrected chi connectivity index (χ1v) is 25.3. The van der Waals surface area contributed by atoms with Gasteiger partial charge >= 0.3 is 0 Å². The van der Waals surface area contributed by atoms with Crippen molar-refractivity contribution in [1.29, 1.82) is 0 Å². The van der Waals surface area contributed by atoms with E-state index in [1.54, 1.807) is 17.4 Å². The Balaban J connectivity index is 0.858. The van der Waals surface area contributed by atoms with Crippen LogP contribution in [0.4, 0.5) is 17.2 Å². The number of aliphatic hydroxyl groups is 1. The van der Waals surface area contributed by atoms with Gasteiger partial charge in [-0.1, -0.05) is 101 Å². The quantitative estimate of drug-likeness (QED) is 0.0429. The number of β-amino-alcohol motifs (C(OH)–C–C–N with tert-alkyl or cyclic N) is 1. The van der Waals surface area contributed by atoms with Crippen LogP contribution >= 0.6 is 22.7 Å². The van der Waals surface area contributed by atoms with Crippen LogP contribution in [0.25, 0.3) is 20.5 Å².